The molecule has 36 heavy (non-hydrogen) atoms. The number of fused-ring (bicyclic) bond motifs is 1. The highest BCUT2D eigenvalue weighted by molar-refractivity contribution is 5.38. The van der Waals surface area contributed by atoms with Gasteiger partial charge in [0.15, 0.2) is 0 Å². The van der Waals surface area contributed by atoms with Gasteiger partial charge in [-0.3, -0.25) is 0 Å². The molecule has 202 valence electrons. The maximum atomic E-state index is 13.1. The van der Waals surface area contributed by atoms with Crippen molar-refractivity contribution >= 4 is 0 Å². The van der Waals surface area contributed by atoms with Crippen LogP contribution >= 0.6 is 0 Å². The molecule has 0 bridgehead atoms. The number of halogens is 6. The Balaban J connectivity index is 1.52. The number of hydrogen-bond acceptors (Lipinski definition) is 2. The minimum atomic E-state index is -5.83. The summed E-state index contributed by atoms with van der Waals surface area (Å²) in [7, 11) is 0. The normalized spacial score (nSPS) is 35.6. The first-order chi connectivity index (χ1) is 16.6. The zero-order chi connectivity index (χ0) is 26.6. The molecule has 0 radical (unpaired) electrons. The van der Waals surface area contributed by atoms with Crippen molar-refractivity contribution in [3.63, 3.8) is 0 Å². The van der Waals surface area contributed by atoms with Gasteiger partial charge in [-0.1, -0.05) is 37.3 Å². The van der Waals surface area contributed by atoms with Crippen LogP contribution < -0.4 is 0 Å². The Bertz CT molecular complexity index is 938. The lowest BCUT2D eigenvalue weighted by Gasteiger charge is -2.45. The maximum absolute atomic E-state index is 13.1. The molecule has 4 rings (SSSR count). The Morgan fingerprint density at radius 1 is 0.944 bits per heavy atom. The Morgan fingerprint density at radius 2 is 1.61 bits per heavy atom. The van der Waals surface area contributed by atoms with Crippen molar-refractivity contribution in [2.45, 2.75) is 102 Å². The van der Waals surface area contributed by atoms with Crippen molar-refractivity contribution in [3.8, 4) is 0 Å². The predicted octanol–water partition coefficient (Wildman–Crippen LogP) is 7.74. The van der Waals surface area contributed by atoms with Gasteiger partial charge in [-0.15, -0.1) is 0 Å². The summed E-state index contributed by atoms with van der Waals surface area (Å²) >= 11 is 0. The van der Waals surface area contributed by atoms with Crippen LogP contribution in [-0.4, -0.2) is 34.3 Å². The summed E-state index contributed by atoms with van der Waals surface area (Å²) in [5, 5.41) is 19.6. The lowest BCUT2D eigenvalue weighted by atomic mass is 9.59. The maximum Gasteiger partial charge on any atom is 0.429 e. The summed E-state index contributed by atoms with van der Waals surface area (Å²) in [6, 6.07) is 0. The average Bonchev–Trinajstić information content (AvgIpc) is 3.46. The Labute approximate surface area is 208 Å². The van der Waals surface area contributed by atoms with Gasteiger partial charge in [0.1, 0.15) is 0 Å². The standard InChI is InChI=1S/C28H36F6O2/c1-18-19(6-3-8-22(18)35)9-10-20-7-4-13-24(2)21(20)11-12-23(24)25(16-17-25)14-5-15-26(36,27(29,30)31)28(32,33)34/h5,9-10,15,21-23,35-36H,1,3-4,6-8,11-14,16-17H2,2H3/t21-,22-,23-,24-/m0/s1. The van der Waals surface area contributed by atoms with E-state index in [1.54, 1.807) is 0 Å². The van der Waals surface area contributed by atoms with E-state index in [1.807, 2.05) is 0 Å². The van der Waals surface area contributed by atoms with Gasteiger partial charge in [0.2, 0.25) is 0 Å². The van der Waals surface area contributed by atoms with Crippen LogP contribution in [0.25, 0.3) is 0 Å². The number of rotatable bonds is 5. The summed E-state index contributed by atoms with van der Waals surface area (Å²) in [6.45, 7) is 6.28. The number of aliphatic hydroxyl groups is 2. The van der Waals surface area contributed by atoms with Crippen molar-refractivity contribution in [1.82, 2.24) is 0 Å². The van der Waals surface area contributed by atoms with Crippen LogP contribution in [-0.2, 0) is 0 Å². The highest BCUT2D eigenvalue weighted by atomic mass is 19.4. The van der Waals surface area contributed by atoms with Crippen LogP contribution in [0.15, 0.2) is 47.6 Å². The number of allylic oxidation sites excluding steroid dienone is 4. The summed E-state index contributed by atoms with van der Waals surface area (Å²) in [5.74, 6) is 0.547. The highest BCUT2D eigenvalue weighted by Gasteiger charge is 2.69. The summed E-state index contributed by atoms with van der Waals surface area (Å²) in [5.41, 5.74) is -1.98. The molecular weight excluding hydrogens is 482 g/mol. The molecule has 0 aromatic rings. The first kappa shape index (κ1) is 27.5. The van der Waals surface area contributed by atoms with Crippen molar-refractivity contribution in [1.29, 1.82) is 0 Å². The van der Waals surface area contributed by atoms with Gasteiger partial charge >= 0.3 is 12.4 Å². The second-order valence-corrected chi connectivity index (χ2v) is 11.6. The van der Waals surface area contributed by atoms with Gasteiger partial charge in [0.05, 0.1) is 6.10 Å². The van der Waals surface area contributed by atoms with E-state index < -0.39 is 24.1 Å². The van der Waals surface area contributed by atoms with E-state index >= 15 is 0 Å². The first-order valence-electron chi connectivity index (χ1n) is 12.9. The van der Waals surface area contributed by atoms with E-state index in [0.29, 0.717) is 5.92 Å². The molecule has 4 aliphatic rings. The average molecular weight is 519 g/mol. The van der Waals surface area contributed by atoms with E-state index in [-0.39, 0.29) is 29.2 Å². The third-order valence-electron chi connectivity index (χ3n) is 9.58. The molecule has 4 fully saturated rings. The SMILES string of the molecule is C=C1C(=CC=C2CCC[C@]3(C)[C@@H](C4(CC=CC(O)(C(F)(F)F)C(F)(F)F)CC4)CC[C@@H]23)CCC[C@@H]1O. The van der Waals surface area contributed by atoms with Gasteiger partial charge in [-0.05, 0) is 111 Å². The molecule has 2 N–H and O–H groups in total. The minimum Gasteiger partial charge on any atom is -0.388 e. The van der Waals surface area contributed by atoms with Crippen LogP contribution in [0.5, 0.6) is 0 Å². The Morgan fingerprint density at radius 3 is 2.22 bits per heavy atom. The number of alkyl halides is 6. The molecule has 0 aromatic carbocycles. The third kappa shape index (κ3) is 4.72. The van der Waals surface area contributed by atoms with Crippen LogP contribution in [0.3, 0.4) is 0 Å². The Kier molecular flexibility index (Phi) is 7.13. The molecule has 4 atom stereocenters. The predicted molar refractivity (Wildman–Crippen MR) is 126 cm³/mol. The molecule has 8 heteroatoms. The van der Waals surface area contributed by atoms with E-state index in [2.05, 4.69) is 25.7 Å². The molecule has 0 unspecified atom stereocenters. The highest BCUT2D eigenvalue weighted by Crippen LogP contribution is 2.69. The van der Waals surface area contributed by atoms with Crippen molar-refractivity contribution in [3.05, 3.63) is 47.6 Å². The second-order valence-electron chi connectivity index (χ2n) is 11.6. The fourth-order valence-electron chi connectivity index (χ4n) is 7.35. The van der Waals surface area contributed by atoms with E-state index in [0.717, 1.165) is 81.4 Å². The van der Waals surface area contributed by atoms with Gasteiger partial charge < -0.3 is 10.2 Å². The lowest BCUT2D eigenvalue weighted by Crippen LogP contribution is -2.55. The molecular formula is C28H36F6O2. The van der Waals surface area contributed by atoms with Crippen LogP contribution in [0.4, 0.5) is 26.3 Å². The molecule has 4 aliphatic carbocycles. The fraction of sp³-hybridized carbons (Fsp3) is 0.714. The summed E-state index contributed by atoms with van der Waals surface area (Å²) in [6.07, 6.45) is 1.95. The Hall–Kier alpha value is -1.54. The third-order valence-corrected chi connectivity index (χ3v) is 9.58. The molecule has 0 spiro atoms. The van der Waals surface area contributed by atoms with Crippen molar-refractivity contribution in [2.75, 3.05) is 0 Å². The van der Waals surface area contributed by atoms with Crippen LogP contribution in [0.1, 0.15) is 77.6 Å². The first-order valence-corrected chi connectivity index (χ1v) is 12.9. The largest absolute Gasteiger partial charge is 0.429 e. The van der Waals surface area contributed by atoms with Crippen molar-refractivity contribution in [2.24, 2.45) is 22.7 Å². The molecule has 2 nitrogen and oxygen atoms in total. The molecule has 0 aromatic heterocycles. The quantitative estimate of drug-likeness (QED) is 0.289. The van der Waals surface area contributed by atoms with Gasteiger partial charge in [0.25, 0.3) is 5.60 Å². The van der Waals surface area contributed by atoms with Gasteiger partial charge in [0, 0.05) is 0 Å². The number of hydrogen-bond donors (Lipinski definition) is 2. The zero-order valence-corrected chi connectivity index (χ0v) is 20.7. The molecule has 0 heterocycles. The minimum absolute atomic E-state index is 0.0552. The van der Waals surface area contributed by atoms with Gasteiger partial charge in [-0.2, -0.15) is 26.3 Å². The van der Waals surface area contributed by atoms with Gasteiger partial charge in [-0.25, -0.2) is 0 Å². The van der Waals surface area contributed by atoms with E-state index in [9.17, 15) is 36.6 Å². The summed E-state index contributed by atoms with van der Waals surface area (Å²) < 4.78 is 78.4. The van der Waals surface area contributed by atoms with Crippen molar-refractivity contribution < 1.29 is 36.6 Å². The lowest BCUT2D eigenvalue weighted by molar-refractivity contribution is -0.347. The molecule has 0 saturated heterocycles. The molecule has 0 amide bonds. The topological polar surface area (TPSA) is 40.5 Å². The van der Waals surface area contributed by atoms with Crippen LogP contribution in [0.2, 0.25) is 0 Å². The monoisotopic (exact) mass is 518 g/mol. The van der Waals surface area contributed by atoms with E-state index in [4.69, 9.17) is 0 Å². The van der Waals surface area contributed by atoms with Crippen LogP contribution in [0, 0.1) is 22.7 Å². The second kappa shape index (κ2) is 9.33. The van der Waals surface area contributed by atoms with E-state index in [1.165, 1.54) is 5.57 Å². The smallest absolute Gasteiger partial charge is 0.388 e. The number of aliphatic hydroxyl groups excluding tert-OH is 1. The fourth-order valence-corrected chi connectivity index (χ4v) is 7.35. The summed E-state index contributed by atoms with van der Waals surface area (Å²) in [4.78, 5) is 0. The molecule has 0 aliphatic heterocycles. The molecule has 4 saturated carbocycles. The zero-order valence-electron chi connectivity index (χ0n) is 20.7.